The number of pyridine rings is 1. The van der Waals surface area contributed by atoms with Crippen molar-refractivity contribution in [3.05, 3.63) is 53.2 Å². The van der Waals surface area contributed by atoms with Gasteiger partial charge in [-0.2, -0.15) is 0 Å². The fraction of sp³-hybridized carbons (Fsp3) is 0.353. The fourth-order valence-electron chi connectivity index (χ4n) is 2.52. The molecule has 2 heterocycles. The highest BCUT2D eigenvalue weighted by atomic mass is 35.5. The number of likely N-dealkylation sites (N-methyl/N-ethyl adjacent to an activating group) is 1. The second kappa shape index (κ2) is 6.56. The van der Waals surface area contributed by atoms with Gasteiger partial charge in [-0.3, -0.25) is 4.90 Å². The highest BCUT2D eigenvalue weighted by Gasteiger charge is 2.16. The van der Waals surface area contributed by atoms with Crippen LogP contribution >= 0.6 is 11.6 Å². The van der Waals surface area contributed by atoms with Crippen LogP contribution in [0.3, 0.4) is 0 Å². The molecule has 0 amide bonds. The predicted octanol–water partition coefficient (Wildman–Crippen LogP) is 2.95. The average molecular weight is 301 g/mol. The van der Waals surface area contributed by atoms with Gasteiger partial charge in [0.1, 0.15) is 5.15 Å². The van der Waals surface area contributed by atoms with Crippen LogP contribution in [0, 0.1) is 6.07 Å². The first-order valence-corrected chi connectivity index (χ1v) is 7.63. The van der Waals surface area contributed by atoms with Gasteiger partial charge in [0.25, 0.3) is 0 Å². The van der Waals surface area contributed by atoms with Crippen molar-refractivity contribution >= 4 is 11.6 Å². The van der Waals surface area contributed by atoms with E-state index in [0.29, 0.717) is 5.15 Å². The third-order valence-electron chi connectivity index (χ3n) is 3.90. The first kappa shape index (κ1) is 14.5. The van der Waals surface area contributed by atoms with Crippen molar-refractivity contribution in [1.82, 2.24) is 14.8 Å². The van der Waals surface area contributed by atoms with E-state index in [-0.39, 0.29) is 0 Å². The largest absolute Gasteiger partial charge is 0.304 e. The maximum absolute atomic E-state index is 6.35. The van der Waals surface area contributed by atoms with Crippen LogP contribution in [0.2, 0.25) is 5.15 Å². The van der Waals surface area contributed by atoms with Gasteiger partial charge in [0.05, 0.1) is 5.69 Å². The standard InChI is InChI=1S/C17H19ClN3/c1-20-9-11-21(12-10-20)13-15-7-8-16(19-17(15)18)14-5-3-2-4-6-14/h2-6,8H,9-13H2,1H3. The minimum Gasteiger partial charge on any atom is -0.304 e. The highest BCUT2D eigenvalue weighted by Crippen LogP contribution is 2.22. The maximum atomic E-state index is 6.35. The van der Waals surface area contributed by atoms with Crippen LogP contribution < -0.4 is 0 Å². The average Bonchev–Trinajstić information content (AvgIpc) is 2.52. The van der Waals surface area contributed by atoms with Crippen LogP contribution in [0.25, 0.3) is 11.3 Å². The second-order valence-corrected chi connectivity index (χ2v) is 5.86. The molecule has 1 fully saturated rings. The lowest BCUT2D eigenvalue weighted by atomic mass is 10.1. The summed E-state index contributed by atoms with van der Waals surface area (Å²) in [5.74, 6) is 0. The van der Waals surface area contributed by atoms with Gasteiger partial charge < -0.3 is 4.90 Å². The van der Waals surface area contributed by atoms with E-state index in [4.69, 9.17) is 11.6 Å². The van der Waals surface area contributed by atoms with E-state index in [1.807, 2.05) is 36.4 Å². The second-order valence-electron chi connectivity index (χ2n) is 5.50. The van der Waals surface area contributed by atoms with Gasteiger partial charge in [0, 0.05) is 43.9 Å². The summed E-state index contributed by atoms with van der Waals surface area (Å²) in [5.41, 5.74) is 2.94. The predicted molar refractivity (Wildman–Crippen MR) is 86.3 cm³/mol. The van der Waals surface area contributed by atoms with E-state index >= 15 is 0 Å². The number of hydrogen-bond acceptors (Lipinski definition) is 3. The summed E-state index contributed by atoms with van der Waals surface area (Å²) in [4.78, 5) is 9.27. The molecule has 1 radical (unpaired) electrons. The number of aromatic nitrogens is 1. The lowest BCUT2D eigenvalue weighted by molar-refractivity contribution is 0.148. The van der Waals surface area contributed by atoms with Crippen molar-refractivity contribution in [2.24, 2.45) is 0 Å². The molecule has 1 aliphatic heterocycles. The Kier molecular flexibility index (Phi) is 4.54. The molecule has 0 atom stereocenters. The van der Waals surface area contributed by atoms with E-state index in [1.165, 1.54) is 0 Å². The topological polar surface area (TPSA) is 19.4 Å². The van der Waals surface area contributed by atoms with Gasteiger partial charge >= 0.3 is 0 Å². The molecule has 109 valence electrons. The van der Waals surface area contributed by atoms with E-state index in [0.717, 1.165) is 49.5 Å². The molecule has 0 N–H and O–H groups in total. The van der Waals surface area contributed by atoms with E-state index in [9.17, 15) is 0 Å². The Morgan fingerprint density at radius 1 is 1.14 bits per heavy atom. The Balaban J connectivity index is 1.73. The number of piperazine rings is 1. The summed E-state index contributed by atoms with van der Waals surface area (Å²) in [5, 5.41) is 0.565. The first-order chi connectivity index (χ1) is 10.2. The molecule has 0 unspecified atom stereocenters. The number of benzene rings is 1. The van der Waals surface area contributed by atoms with E-state index < -0.39 is 0 Å². The molecule has 3 nitrogen and oxygen atoms in total. The SMILES string of the molecule is CN1CCN(Cc2[c]cc(-c3ccccc3)nc2Cl)CC1. The third-order valence-corrected chi connectivity index (χ3v) is 4.21. The lowest BCUT2D eigenvalue weighted by Crippen LogP contribution is -2.43. The highest BCUT2D eigenvalue weighted by molar-refractivity contribution is 6.30. The van der Waals surface area contributed by atoms with Gasteiger partial charge in [-0.25, -0.2) is 4.98 Å². The number of hydrogen-bond donors (Lipinski definition) is 0. The summed E-state index contributed by atoms with van der Waals surface area (Å²) in [7, 11) is 2.16. The molecule has 1 saturated heterocycles. The molecule has 3 rings (SSSR count). The molecule has 21 heavy (non-hydrogen) atoms. The summed E-state index contributed by atoms with van der Waals surface area (Å²) in [6.07, 6.45) is 0. The van der Waals surface area contributed by atoms with Crippen molar-refractivity contribution < 1.29 is 0 Å². The van der Waals surface area contributed by atoms with Crippen LogP contribution in [0.15, 0.2) is 36.4 Å². The summed E-state index contributed by atoms with van der Waals surface area (Å²) in [6.45, 7) is 5.18. The Morgan fingerprint density at radius 3 is 2.52 bits per heavy atom. The van der Waals surface area contributed by atoms with Crippen molar-refractivity contribution in [3.8, 4) is 11.3 Å². The lowest BCUT2D eigenvalue weighted by Gasteiger charge is -2.32. The molecule has 0 aliphatic carbocycles. The zero-order chi connectivity index (χ0) is 14.7. The van der Waals surface area contributed by atoms with Gasteiger partial charge in [0.2, 0.25) is 0 Å². The molecule has 0 saturated carbocycles. The monoisotopic (exact) mass is 300 g/mol. The molecule has 1 aliphatic rings. The van der Waals surface area contributed by atoms with Crippen LogP contribution in [0.5, 0.6) is 0 Å². The minimum absolute atomic E-state index is 0.565. The smallest absolute Gasteiger partial charge is 0.134 e. The Labute approximate surface area is 131 Å². The van der Waals surface area contributed by atoms with Crippen molar-refractivity contribution in [2.75, 3.05) is 33.2 Å². The normalized spacial score (nSPS) is 17.0. The first-order valence-electron chi connectivity index (χ1n) is 7.26. The fourth-order valence-corrected chi connectivity index (χ4v) is 2.72. The third kappa shape index (κ3) is 3.62. The summed E-state index contributed by atoms with van der Waals surface area (Å²) < 4.78 is 0. The Hall–Kier alpha value is -1.42. The molecule has 1 aromatic carbocycles. The van der Waals surface area contributed by atoms with Crippen molar-refractivity contribution in [3.63, 3.8) is 0 Å². The molecule has 2 aromatic rings. The van der Waals surface area contributed by atoms with E-state index in [1.54, 1.807) is 0 Å². The summed E-state index contributed by atoms with van der Waals surface area (Å²) in [6, 6.07) is 15.3. The van der Waals surface area contributed by atoms with Gasteiger partial charge in [-0.05, 0) is 19.2 Å². The minimum atomic E-state index is 0.565. The Morgan fingerprint density at radius 2 is 1.86 bits per heavy atom. The zero-order valence-electron chi connectivity index (χ0n) is 12.2. The molecule has 1 aromatic heterocycles. The van der Waals surface area contributed by atoms with E-state index in [2.05, 4.69) is 27.9 Å². The van der Waals surface area contributed by atoms with Crippen LogP contribution in [0.4, 0.5) is 0 Å². The molecule has 4 heteroatoms. The number of rotatable bonds is 3. The quantitative estimate of drug-likeness (QED) is 0.813. The molecule has 0 spiro atoms. The maximum Gasteiger partial charge on any atom is 0.134 e. The van der Waals surface area contributed by atoms with Gasteiger partial charge in [0.15, 0.2) is 0 Å². The molecular formula is C17H19ClN3. The van der Waals surface area contributed by atoms with Crippen molar-refractivity contribution in [1.29, 1.82) is 0 Å². The number of nitrogens with zero attached hydrogens (tertiary/aromatic N) is 3. The molecular weight excluding hydrogens is 282 g/mol. The zero-order valence-corrected chi connectivity index (χ0v) is 13.0. The van der Waals surface area contributed by atoms with Gasteiger partial charge in [-0.15, -0.1) is 0 Å². The Bertz CT molecular complexity index is 592. The van der Waals surface area contributed by atoms with Crippen LogP contribution in [0.1, 0.15) is 5.56 Å². The number of halogens is 1. The van der Waals surface area contributed by atoms with Crippen molar-refractivity contribution in [2.45, 2.75) is 6.54 Å². The van der Waals surface area contributed by atoms with Crippen LogP contribution in [-0.2, 0) is 6.54 Å². The molecule has 0 bridgehead atoms. The summed E-state index contributed by atoms with van der Waals surface area (Å²) >= 11 is 6.35. The van der Waals surface area contributed by atoms with Crippen LogP contribution in [-0.4, -0.2) is 48.0 Å². The van der Waals surface area contributed by atoms with Gasteiger partial charge in [-0.1, -0.05) is 41.9 Å².